The van der Waals surface area contributed by atoms with E-state index in [2.05, 4.69) is 28.1 Å². The number of fused-ring (bicyclic) bond motifs is 5. The molecule has 1 heterocycles. The van der Waals surface area contributed by atoms with E-state index in [0.29, 0.717) is 11.3 Å². The summed E-state index contributed by atoms with van der Waals surface area (Å²) in [4.78, 5) is 51.5. The van der Waals surface area contributed by atoms with Crippen LogP contribution in [-0.4, -0.2) is 30.2 Å². The van der Waals surface area contributed by atoms with Crippen molar-refractivity contribution in [2.45, 2.75) is 6.42 Å². The molecule has 2 aromatic rings. The number of imide groups is 1. The highest BCUT2D eigenvalue weighted by molar-refractivity contribution is 9.10. The zero-order valence-corrected chi connectivity index (χ0v) is 17.9. The van der Waals surface area contributed by atoms with E-state index in [1.54, 1.807) is 36.4 Å². The summed E-state index contributed by atoms with van der Waals surface area (Å²) in [5.74, 6) is -1.52. The minimum atomic E-state index is -0.643. The fourth-order valence-electron chi connectivity index (χ4n) is 4.84. The van der Waals surface area contributed by atoms with Crippen molar-refractivity contribution in [2.75, 3.05) is 11.5 Å². The van der Waals surface area contributed by atoms with Gasteiger partial charge in [-0.25, -0.2) is 4.79 Å². The molecular formula is C24H18BrNO5. The van der Waals surface area contributed by atoms with Crippen LogP contribution >= 0.6 is 15.9 Å². The molecule has 156 valence electrons. The van der Waals surface area contributed by atoms with Gasteiger partial charge in [0.15, 0.2) is 12.4 Å². The Hall–Kier alpha value is -3.06. The first-order chi connectivity index (χ1) is 14.9. The Balaban J connectivity index is 1.24. The van der Waals surface area contributed by atoms with E-state index in [-0.39, 0.29) is 53.4 Å². The second kappa shape index (κ2) is 7.57. The van der Waals surface area contributed by atoms with Gasteiger partial charge in [-0.3, -0.25) is 19.3 Å². The van der Waals surface area contributed by atoms with Gasteiger partial charge in [0.05, 0.1) is 23.1 Å². The second-order valence-electron chi connectivity index (χ2n) is 8.06. The smallest absolute Gasteiger partial charge is 0.338 e. The molecule has 1 saturated heterocycles. The van der Waals surface area contributed by atoms with Crippen LogP contribution in [-0.2, 0) is 14.3 Å². The van der Waals surface area contributed by atoms with Gasteiger partial charge in [0.25, 0.3) is 0 Å². The number of carbonyl (C=O) groups is 4. The van der Waals surface area contributed by atoms with Crippen LogP contribution in [0.3, 0.4) is 0 Å². The number of halogens is 1. The Morgan fingerprint density at radius 2 is 1.42 bits per heavy atom. The third-order valence-corrected chi connectivity index (χ3v) is 6.86. The van der Waals surface area contributed by atoms with Crippen molar-refractivity contribution in [1.82, 2.24) is 0 Å². The summed E-state index contributed by atoms with van der Waals surface area (Å²) in [5, 5.41) is 0. The Morgan fingerprint density at radius 1 is 0.871 bits per heavy atom. The summed E-state index contributed by atoms with van der Waals surface area (Å²) in [6, 6.07) is 12.9. The molecule has 0 unspecified atom stereocenters. The van der Waals surface area contributed by atoms with Crippen LogP contribution in [0.4, 0.5) is 5.69 Å². The van der Waals surface area contributed by atoms with Crippen molar-refractivity contribution in [3.8, 4) is 0 Å². The molecule has 2 aliphatic carbocycles. The van der Waals surface area contributed by atoms with E-state index >= 15 is 0 Å². The number of carbonyl (C=O) groups excluding carboxylic acids is 4. The van der Waals surface area contributed by atoms with Gasteiger partial charge in [-0.2, -0.15) is 0 Å². The van der Waals surface area contributed by atoms with Crippen LogP contribution in [0.1, 0.15) is 27.1 Å². The van der Waals surface area contributed by atoms with E-state index in [1.165, 1.54) is 17.0 Å². The Kier molecular flexibility index (Phi) is 4.85. The van der Waals surface area contributed by atoms with E-state index in [1.807, 2.05) is 0 Å². The van der Waals surface area contributed by atoms with Gasteiger partial charge in [-0.1, -0.05) is 40.2 Å². The molecule has 4 atom stereocenters. The number of Topliss-reactive ketones (excluding diaryl/α,β-unsaturated/α-hetero) is 1. The van der Waals surface area contributed by atoms with Gasteiger partial charge in [0.1, 0.15) is 0 Å². The highest BCUT2D eigenvalue weighted by atomic mass is 79.9. The molecule has 2 aromatic carbocycles. The van der Waals surface area contributed by atoms with Gasteiger partial charge >= 0.3 is 5.97 Å². The lowest BCUT2D eigenvalue weighted by Crippen LogP contribution is -2.32. The lowest BCUT2D eigenvalue weighted by molar-refractivity contribution is -0.123. The van der Waals surface area contributed by atoms with E-state index < -0.39 is 5.97 Å². The largest absolute Gasteiger partial charge is 0.454 e. The van der Waals surface area contributed by atoms with Crippen molar-refractivity contribution >= 4 is 45.2 Å². The zero-order valence-electron chi connectivity index (χ0n) is 16.4. The van der Waals surface area contributed by atoms with E-state index in [0.717, 1.165) is 10.9 Å². The van der Waals surface area contributed by atoms with Crippen LogP contribution in [0, 0.1) is 23.7 Å². The van der Waals surface area contributed by atoms with Gasteiger partial charge in [0, 0.05) is 10.0 Å². The fraction of sp³-hybridized carbons (Fsp3) is 0.250. The first kappa shape index (κ1) is 19.9. The molecule has 2 bridgehead atoms. The Labute approximate surface area is 187 Å². The Morgan fingerprint density at radius 3 is 2.00 bits per heavy atom. The molecule has 2 fully saturated rings. The zero-order chi connectivity index (χ0) is 21.7. The van der Waals surface area contributed by atoms with Crippen LogP contribution in [0.2, 0.25) is 0 Å². The number of allylic oxidation sites excluding steroid dienone is 2. The SMILES string of the molecule is O=C(COC(=O)c1ccc(N2C(=O)[C@@H]3[C@H](C2=O)[C@@H]2C=C[C@H]3C2)cc1)c1ccc(Br)cc1. The topological polar surface area (TPSA) is 80.8 Å². The van der Waals surface area contributed by atoms with E-state index in [9.17, 15) is 19.2 Å². The molecule has 0 aromatic heterocycles. The molecular weight excluding hydrogens is 462 g/mol. The third-order valence-electron chi connectivity index (χ3n) is 6.33. The first-order valence-electron chi connectivity index (χ1n) is 10.1. The number of anilines is 1. The number of rotatable bonds is 5. The molecule has 1 saturated carbocycles. The van der Waals surface area contributed by atoms with Crippen molar-refractivity contribution in [3.05, 3.63) is 76.3 Å². The number of esters is 1. The maximum Gasteiger partial charge on any atom is 0.338 e. The quantitative estimate of drug-likeness (QED) is 0.282. The van der Waals surface area contributed by atoms with Crippen molar-refractivity contribution < 1.29 is 23.9 Å². The number of nitrogens with zero attached hydrogens (tertiary/aromatic N) is 1. The summed E-state index contributed by atoms with van der Waals surface area (Å²) < 4.78 is 5.97. The number of hydrogen-bond donors (Lipinski definition) is 0. The van der Waals surface area contributed by atoms with Crippen LogP contribution in [0.25, 0.3) is 0 Å². The summed E-state index contributed by atoms with van der Waals surface area (Å²) in [6.07, 6.45) is 4.98. The molecule has 3 aliphatic rings. The molecule has 0 N–H and O–H groups in total. The number of ether oxygens (including phenoxy) is 1. The molecule has 2 amide bonds. The lowest BCUT2D eigenvalue weighted by Gasteiger charge is -2.17. The van der Waals surface area contributed by atoms with Gasteiger partial charge in [-0.15, -0.1) is 0 Å². The maximum atomic E-state index is 12.9. The van der Waals surface area contributed by atoms with Gasteiger partial charge < -0.3 is 4.74 Å². The van der Waals surface area contributed by atoms with Crippen LogP contribution < -0.4 is 4.90 Å². The third kappa shape index (κ3) is 3.33. The minimum absolute atomic E-state index is 0.147. The normalized spacial score (nSPS) is 25.8. The van der Waals surface area contributed by atoms with Crippen molar-refractivity contribution in [3.63, 3.8) is 0 Å². The lowest BCUT2D eigenvalue weighted by atomic mass is 9.85. The average Bonchev–Trinajstić information content (AvgIpc) is 3.46. The summed E-state index contributed by atoms with van der Waals surface area (Å²) in [5.41, 5.74) is 1.14. The van der Waals surface area contributed by atoms with Gasteiger partial charge in [-0.05, 0) is 54.7 Å². The average molecular weight is 480 g/mol. The highest BCUT2D eigenvalue weighted by Gasteiger charge is 2.59. The van der Waals surface area contributed by atoms with Crippen molar-refractivity contribution in [2.24, 2.45) is 23.7 Å². The summed E-state index contributed by atoms with van der Waals surface area (Å²) in [7, 11) is 0. The predicted molar refractivity (Wildman–Crippen MR) is 115 cm³/mol. The minimum Gasteiger partial charge on any atom is -0.454 e. The predicted octanol–water partition coefficient (Wildman–Crippen LogP) is 3.80. The molecule has 31 heavy (non-hydrogen) atoms. The van der Waals surface area contributed by atoms with Gasteiger partial charge in [0.2, 0.25) is 11.8 Å². The molecule has 1 aliphatic heterocycles. The van der Waals surface area contributed by atoms with Crippen molar-refractivity contribution in [1.29, 1.82) is 0 Å². The first-order valence-corrected chi connectivity index (χ1v) is 10.9. The Bertz CT molecular complexity index is 1090. The maximum absolute atomic E-state index is 12.9. The number of ketones is 1. The van der Waals surface area contributed by atoms with E-state index in [4.69, 9.17) is 4.74 Å². The standard InChI is InChI=1S/C24H18BrNO5/c25-17-7-3-13(4-8-17)19(27)12-31-24(30)14-5-9-18(10-6-14)26-22(28)20-15-1-2-16(11-15)21(20)23(26)29/h1-10,15-16,20-21H,11-12H2/t15-,16+,20-,21+. The molecule has 6 nitrogen and oxygen atoms in total. The number of benzene rings is 2. The van der Waals surface area contributed by atoms with Crippen LogP contribution in [0.15, 0.2) is 65.2 Å². The molecule has 5 rings (SSSR count). The number of amides is 2. The van der Waals surface area contributed by atoms with Crippen LogP contribution in [0.5, 0.6) is 0 Å². The summed E-state index contributed by atoms with van der Waals surface area (Å²) >= 11 is 3.30. The fourth-order valence-corrected chi connectivity index (χ4v) is 5.10. The molecule has 0 radical (unpaired) electrons. The molecule has 7 heteroatoms. The summed E-state index contributed by atoms with van der Waals surface area (Å²) in [6.45, 7) is -0.371. The number of hydrogen-bond acceptors (Lipinski definition) is 5. The highest BCUT2D eigenvalue weighted by Crippen LogP contribution is 2.53. The molecule has 0 spiro atoms. The second-order valence-corrected chi connectivity index (χ2v) is 8.98. The monoisotopic (exact) mass is 479 g/mol.